The molecule has 5 heteroatoms. The Balaban J connectivity index is 1.77. The second-order valence-corrected chi connectivity index (χ2v) is 12.4. The second kappa shape index (κ2) is 9.43. The molecule has 0 unspecified atom stereocenters. The van der Waals surface area contributed by atoms with Gasteiger partial charge in [-0.3, -0.25) is 4.79 Å². The summed E-state index contributed by atoms with van der Waals surface area (Å²) in [5.41, 5.74) is 1.97. The van der Waals surface area contributed by atoms with Crippen LogP contribution in [0.1, 0.15) is 82.6 Å². The minimum absolute atomic E-state index is 0.0231. The molecule has 28 heavy (non-hydrogen) atoms. The molecule has 1 amide bonds. The molecule has 1 saturated carbocycles. The predicted molar refractivity (Wildman–Crippen MR) is 116 cm³/mol. The van der Waals surface area contributed by atoms with E-state index in [0.29, 0.717) is 23.2 Å². The van der Waals surface area contributed by atoms with Gasteiger partial charge in [-0.1, -0.05) is 25.0 Å². The normalized spacial score (nSPS) is 20.9. The zero-order valence-electron chi connectivity index (χ0n) is 18.1. The van der Waals surface area contributed by atoms with Crippen molar-refractivity contribution >= 4 is 15.7 Å². The lowest BCUT2D eigenvalue weighted by molar-refractivity contribution is 0.0943. The number of nitrogens with one attached hydrogen (secondary N) is 1. The molecular formula is C23H37NO3S. The van der Waals surface area contributed by atoms with Crippen molar-refractivity contribution in [1.82, 2.24) is 5.32 Å². The van der Waals surface area contributed by atoms with E-state index in [0.717, 1.165) is 38.5 Å². The van der Waals surface area contributed by atoms with Crippen molar-refractivity contribution in [3.05, 3.63) is 35.4 Å². The molecule has 0 saturated heterocycles. The van der Waals surface area contributed by atoms with Crippen molar-refractivity contribution in [3.8, 4) is 0 Å². The van der Waals surface area contributed by atoms with Crippen LogP contribution in [0.25, 0.3) is 0 Å². The van der Waals surface area contributed by atoms with Crippen molar-refractivity contribution < 1.29 is 13.2 Å². The first-order valence-electron chi connectivity index (χ1n) is 10.6. The molecule has 0 aliphatic heterocycles. The molecule has 1 aromatic carbocycles. The first-order valence-corrected chi connectivity index (χ1v) is 12.3. The summed E-state index contributed by atoms with van der Waals surface area (Å²) in [6.07, 6.45) is 6.44. The fourth-order valence-electron chi connectivity index (χ4n) is 3.79. The Morgan fingerprint density at radius 3 is 2.07 bits per heavy atom. The lowest BCUT2D eigenvalue weighted by atomic mass is 9.80. The van der Waals surface area contributed by atoms with Gasteiger partial charge in [0.05, 0.1) is 10.5 Å². The molecule has 158 valence electrons. The molecule has 1 aliphatic rings. The second-order valence-electron chi connectivity index (χ2n) is 9.64. The third-order valence-electron chi connectivity index (χ3n) is 5.83. The maximum atomic E-state index is 12.4. The number of amides is 1. The lowest BCUT2D eigenvalue weighted by Crippen LogP contribution is -2.34. The zero-order chi connectivity index (χ0) is 20.9. The summed E-state index contributed by atoms with van der Waals surface area (Å²) in [4.78, 5) is 12.0. The molecule has 2 rings (SSSR count). The van der Waals surface area contributed by atoms with Gasteiger partial charge < -0.3 is 5.32 Å². The third-order valence-corrected chi connectivity index (χ3v) is 8.61. The van der Waals surface area contributed by atoms with Gasteiger partial charge in [0.25, 0.3) is 5.91 Å². The van der Waals surface area contributed by atoms with Crippen molar-refractivity contribution in [2.45, 2.75) is 83.9 Å². The van der Waals surface area contributed by atoms with Crippen LogP contribution in [0.3, 0.4) is 0 Å². The third kappa shape index (κ3) is 6.61. The molecule has 0 heterocycles. The fourth-order valence-corrected chi connectivity index (χ4v) is 5.24. The van der Waals surface area contributed by atoms with Crippen LogP contribution in [0.2, 0.25) is 0 Å². The van der Waals surface area contributed by atoms with E-state index >= 15 is 0 Å². The van der Waals surface area contributed by atoms with Crippen molar-refractivity contribution in [2.75, 3.05) is 5.75 Å². The van der Waals surface area contributed by atoms with E-state index in [2.05, 4.69) is 17.4 Å². The Morgan fingerprint density at radius 1 is 1.04 bits per heavy atom. The summed E-state index contributed by atoms with van der Waals surface area (Å²) >= 11 is 0. The number of hydrogen-bond donors (Lipinski definition) is 1. The smallest absolute Gasteiger partial charge is 0.251 e. The van der Waals surface area contributed by atoms with E-state index in [4.69, 9.17) is 0 Å². The van der Waals surface area contributed by atoms with Gasteiger partial charge in [-0.05, 0) is 89.8 Å². The summed E-state index contributed by atoms with van der Waals surface area (Å²) in [6, 6.07) is 8.05. The average Bonchev–Trinajstić information content (AvgIpc) is 2.60. The average molecular weight is 408 g/mol. The molecule has 1 aromatic rings. The Hall–Kier alpha value is -1.36. The molecule has 1 fully saturated rings. The number of sulfone groups is 1. The highest BCUT2D eigenvalue weighted by Gasteiger charge is 2.33. The monoisotopic (exact) mass is 407 g/mol. The molecule has 0 radical (unpaired) electrons. The summed E-state index contributed by atoms with van der Waals surface area (Å²) in [7, 11) is -3.02. The Kier molecular flexibility index (Phi) is 7.72. The van der Waals surface area contributed by atoms with E-state index in [1.165, 1.54) is 5.56 Å². The highest BCUT2D eigenvalue weighted by atomic mass is 32.2. The van der Waals surface area contributed by atoms with Gasteiger partial charge >= 0.3 is 0 Å². The first kappa shape index (κ1) is 22.9. The van der Waals surface area contributed by atoms with E-state index in [9.17, 15) is 13.2 Å². The highest BCUT2D eigenvalue weighted by Crippen LogP contribution is 2.34. The summed E-state index contributed by atoms with van der Waals surface area (Å²) in [5.74, 6) is 1.31. The number of carbonyl (C=O) groups is 1. The Bertz CT molecular complexity index is 737. The lowest BCUT2D eigenvalue weighted by Gasteiger charge is -2.30. The molecule has 0 spiro atoms. The number of hydrogen-bond acceptors (Lipinski definition) is 3. The molecular weight excluding hydrogens is 370 g/mol. The van der Waals surface area contributed by atoms with Crippen LogP contribution in [0, 0.1) is 11.8 Å². The topological polar surface area (TPSA) is 63.2 Å². The van der Waals surface area contributed by atoms with Gasteiger partial charge in [-0.25, -0.2) is 8.42 Å². The van der Waals surface area contributed by atoms with E-state index in [-0.39, 0.29) is 11.9 Å². The Labute approximate surface area is 171 Å². The van der Waals surface area contributed by atoms with Crippen LogP contribution < -0.4 is 5.32 Å². The number of rotatable bonds is 7. The van der Waals surface area contributed by atoms with Gasteiger partial charge in [0.1, 0.15) is 0 Å². The van der Waals surface area contributed by atoms with Gasteiger partial charge in [-0.15, -0.1) is 0 Å². The standard InChI is InChI=1S/C23H37NO3S/c1-17(2)24-22(25)21-14-12-19(13-15-21)7-6-18-8-10-20(11-9-18)16-28(26,27)23(3,4)5/h12-15,17-18,20H,6-11,16H2,1-5H3,(H,24,25). The summed E-state index contributed by atoms with van der Waals surface area (Å²) in [6.45, 7) is 9.31. The van der Waals surface area contributed by atoms with Crippen LogP contribution in [-0.2, 0) is 16.3 Å². The van der Waals surface area contributed by atoms with Gasteiger partial charge in [-0.2, -0.15) is 0 Å². The molecule has 0 atom stereocenters. The van der Waals surface area contributed by atoms with Crippen LogP contribution in [0.4, 0.5) is 0 Å². The summed E-state index contributed by atoms with van der Waals surface area (Å²) in [5, 5.41) is 2.91. The van der Waals surface area contributed by atoms with Gasteiger partial charge in [0.2, 0.25) is 0 Å². The van der Waals surface area contributed by atoms with Crippen LogP contribution in [0.5, 0.6) is 0 Å². The van der Waals surface area contributed by atoms with Crippen molar-refractivity contribution in [2.24, 2.45) is 11.8 Å². The predicted octanol–water partition coefficient (Wildman–Crippen LogP) is 4.78. The molecule has 0 aromatic heterocycles. The van der Waals surface area contributed by atoms with Crippen molar-refractivity contribution in [1.29, 1.82) is 0 Å². The van der Waals surface area contributed by atoms with Crippen LogP contribution in [-0.4, -0.2) is 30.9 Å². The Morgan fingerprint density at radius 2 is 1.57 bits per heavy atom. The SMILES string of the molecule is CC(C)NC(=O)c1ccc(CCC2CCC(CS(=O)(=O)C(C)(C)C)CC2)cc1. The number of benzene rings is 1. The largest absolute Gasteiger partial charge is 0.350 e. The van der Waals surface area contributed by atoms with Crippen LogP contribution >= 0.6 is 0 Å². The van der Waals surface area contributed by atoms with Gasteiger partial charge in [0, 0.05) is 11.6 Å². The first-order chi connectivity index (χ1) is 13.0. The minimum atomic E-state index is -3.02. The van der Waals surface area contributed by atoms with Crippen molar-refractivity contribution in [3.63, 3.8) is 0 Å². The fraction of sp³-hybridized carbons (Fsp3) is 0.696. The molecule has 4 nitrogen and oxygen atoms in total. The minimum Gasteiger partial charge on any atom is -0.350 e. The number of carbonyl (C=O) groups excluding carboxylic acids is 1. The van der Waals surface area contributed by atoms with E-state index in [1.807, 2.05) is 26.0 Å². The zero-order valence-corrected chi connectivity index (χ0v) is 18.9. The summed E-state index contributed by atoms with van der Waals surface area (Å²) < 4.78 is 24.2. The maximum Gasteiger partial charge on any atom is 0.251 e. The van der Waals surface area contributed by atoms with E-state index < -0.39 is 14.6 Å². The molecule has 1 N–H and O–H groups in total. The quantitative estimate of drug-likeness (QED) is 0.708. The number of aryl methyl sites for hydroxylation is 1. The van der Waals surface area contributed by atoms with Crippen LogP contribution in [0.15, 0.2) is 24.3 Å². The van der Waals surface area contributed by atoms with Gasteiger partial charge in [0.15, 0.2) is 9.84 Å². The molecule has 0 bridgehead atoms. The highest BCUT2D eigenvalue weighted by molar-refractivity contribution is 7.92. The maximum absolute atomic E-state index is 12.4. The van der Waals surface area contributed by atoms with E-state index in [1.54, 1.807) is 20.8 Å². The molecule has 1 aliphatic carbocycles.